The van der Waals surface area contributed by atoms with E-state index >= 15 is 0 Å². The lowest BCUT2D eigenvalue weighted by Crippen LogP contribution is -2.19. The van der Waals surface area contributed by atoms with E-state index in [1.165, 1.54) is 25.1 Å². The number of anilines is 1. The third kappa shape index (κ3) is 3.83. The SMILES string of the molecule is CC(=O)NCC#Cc1ccc([N+](=O)[O-])c(N)c1. The molecule has 0 radical (unpaired) electrons. The topological polar surface area (TPSA) is 98.3 Å². The lowest BCUT2D eigenvalue weighted by molar-refractivity contribution is -0.383. The quantitative estimate of drug-likeness (QED) is 0.339. The number of hydrogen-bond donors (Lipinski definition) is 2. The van der Waals surface area contributed by atoms with Gasteiger partial charge in [0.25, 0.3) is 5.69 Å². The molecule has 0 unspecified atom stereocenters. The smallest absolute Gasteiger partial charge is 0.292 e. The summed E-state index contributed by atoms with van der Waals surface area (Å²) in [6, 6.07) is 4.24. The van der Waals surface area contributed by atoms with Crippen molar-refractivity contribution in [2.75, 3.05) is 12.3 Å². The predicted molar refractivity (Wildman–Crippen MR) is 63.1 cm³/mol. The first-order valence-corrected chi connectivity index (χ1v) is 4.78. The Labute approximate surface area is 98.0 Å². The Morgan fingerprint density at radius 3 is 2.82 bits per heavy atom. The molecule has 0 saturated carbocycles. The lowest BCUT2D eigenvalue weighted by atomic mass is 10.2. The van der Waals surface area contributed by atoms with E-state index in [9.17, 15) is 14.9 Å². The first kappa shape index (κ1) is 12.5. The molecule has 6 nitrogen and oxygen atoms in total. The van der Waals surface area contributed by atoms with Crippen molar-refractivity contribution in [1.82, 2.24) is 5.32 Å². The molecule has 3 N–H and O–H groups in total. The third-order valence-electron chi connectivity index (χ3n) is 1.88. The van der Waals surface area contributed by atoms with E-state index in [-0.39, 0.29) is 23.8 Å². The highest BCUT2D eigenvalue weighted by molar-refractivity contribution is 5.73. The zero-order valence-corrected chi connectivity index (χ0v) is 9.19. The number of nitro groups is 1. The predicted octanol–water partition coefficient (Wildman–Crippen LogP) is 0.665. The van der Waals surface area contributed by atoms with Gasteiger partial charge in [-0.15, -0.1) is 0 Å². The number of nitro benzene ring substituents is 1. The second kappa shape index (κ2) is 5.51. The van der Waals surface area contributed by atoms with Gasteiger partial charge in [0.15, 0.2) is 0 Å². The number of nitrogens with two attached hydrogens (primary N) is 1. The van der Waals surface area contributed by atoms with Gasteiger partial charge >= 0.3 is 0 Å². The number of hydrogen-bond acceptors (Lipinski definition) is 4. The van der Waals surface area contributed by atoms with Crippen LogP contribution in [-0.2, 0) is 4.79 Å². The maximum atomic E-state index is 10.6. The first-order chi connectivity index (χ1) is 8.00. The molecule has 0 aliphatic heterocycles. The number of nitrogens with zero attached hydrogens (tertiary/aromatic N) is 1. The summed E-state index contributed by atoms with van der Waals surface area (Å²) >= 11 is 0. The van der Waals surface area contributed by atoms with Crippen molar-refractivity contribution >= 4 is 17.3 Å². The lowest BCUT2D eigenvalue weighted by Gasteiger charge is -1.97. The minimum absolute atomic E-state index is 0.0707. The Hall–Kier alpha value is -2.55. The Bertz CT molecular complexity index is 514. The largest absolute Gasteiger partial charge is 0.393 e. The number of rotatable bonds is 2. The van der Waals surface area contributed by atoms with Crippen LogP contribution in [0.2, 0.25) is 0 Å². The van der Waals surface area contributed by atoms with Crippen LogP contribution in [0, 0.1) is 22.0 Å². The van der Waals surface area contributed by atoms with Crippen molar-refractivity contribution in [3.63, 3.8) is 0 Å². The van der Waals surface area contributed by atoms with Gasteiger partial charge in [0.05, 0.1) is 11.5 Å². The second-order valence-corrected chi connectivity index (χ2v) is 3.24. The summed E-state index contributed by atoms with van der Waals surface area (Å²) in [5, 5.41) is 13.0. The van der Waals surface area contributed by atoms with Gasteiger partial charge in [-0.1, -0.05) is 11.8 Å². The highest BCUT2D eigenvalue weighted by Gasteiger charge is 2.09. The van der Waals surface area contributed by atoms with Crippen molar-refractivity contribution in [2.24, 2.45) is 0 Å². The molecule has 1 rings (SSSR count). The summed E-state index contributed by atoms with van der Waals surface area (Å²) in [5.41, 5.74) is 5.99. The molecule has 1 aromatic rings. The Kier molecular flexibility index (Phi) is 4.06. The van der Waals surface area contributed by atoms with E-state index in [4.69, 9.17) is 5.73 Å². The van der Waals surface area contributed by atoms with Gasteiger partial charge in [-0.3, -0.25) is 14.9 Å². The second-order valence-electron chi connectivity index (χ2n) is 3.24. The van der Waals surface area contributed by atoms with E-state index in [0.29, 0.717) is 5.56 Å². The van der Waals surface area contributed by atoms with E-state index < -0.39 is 4.92 Å². The molecule has 88 valence electrons. The fourth-order valence-corrected chi connectivity index (χ4v) is 1.11. The van der Waals surface area contributed by atoms with Crippen molar-refractivity contribution in [3.05, 3.63) is 33.9 Å². The zero-order chi connectivity index (χ0) is 12.8. The monoisotopic (exact) mass is 233 g/mol. The van der Waals surface area contributed by atoms with E-state index in [1.807, 2.05) is 0 Å². The number of carbonyl (C=O) groups is 1. The first-order valence-electron chi connectivity index (χ1n) is 4.78. The Morgan fingerprint density at radius 2 is 2.29 bits per heavy atom. The minimum Gasteiger partial charge on any atom is -0.393 e. The standard InChI is InChI=1S/C11H11N3O3/c1-8(15)13-6-2-3-9-4-5-11(14(16)17)10(12)7-9/h4-5,7H,6,12H2,1H3,(H,13,15). The summed E-state index contributed by atoms with van der Waals surface area (Å²) in [6.07, 6.45) is 0. The molecule has 0 bridgehead atoms. The molecular weight excluding hydrogens is 222 g/mol. The summed E-state index contributed by atoms with van der Waals surface area (Å²) in [4.78, 5) is 20.5. The molecule has 0 heterocycles. The van der Waals surface area contributed by atoms with Gasteiger partial charge in [0.2, 0.25) is 5.91 Å². The van der Waals surface area contributed by atoms with Crippen LogP contribution in [0.25, 0.3) is 0 Å². The van der Waals surface area contributed by atoms with Gasteiger partial charge in [-0.05, 0) is 12.1 Å². The van der Waals surface area contributed by atoms with Crippen LogP contribution in [0.1, 0.15) is 12.5 Å². The molecule has 0 saturated heterocycles. The van der Waals surface area contributed by atoms with E-state index in [2.05, 4.69) is 17.2 Å². The molecule has 0 aromatic heterocycles. The molecule has 0 fully saturated rings. The summed E-state index contributed by atoms with van der Waals surface area (Å²) in [5.74, 6) is 5.28. The average Bonchev–Trinajstić information content (AvgIpc) is 2.23. The van der Waals surface area contributed by atoms with E-state index in [0.717, 1.165) is 0 Å². The van der Waals surface area contributed by atoms with Crippen LogP contribution in [0.15, 0.2) is 18.2 Å². The third-order valence-corrected chi connectivity index (χ3v) is 1.88. The van der Waals surface area contributed by atoms with Crippen LogP contribution in [0.4, 0.5) is 11.4 Å². The molecule has 1 amide bonds. The number of benzene rings is 1. The van der Waals surface area contributed by atoms with Crippen molar-refractivity contribution in [1.29, 1.82) is 0 Å². The molecular formula is C11H11N3O3. The highest BCUT2D eigenvalue weighted by Crippen LogP contribution is 2.21. The molecule has 1 aromatic carbocycles. The zero-order valence-electron chi connectivity index (χ0n) is 9.19. The van der Waals surface area contributed by atoms with Crippen molar-refractivity contribution in [3.8, 4) is 11.8 Å². The van der Waals surface area contributed by atoms with Crippen LogP contribution in [0.5, 0.6) is 0 Å². The normalized spacial score (nSPS) is 9.00. The molecule has 0 aliphatic rings. The summed E-state index contributed by atoms with van der Waals surface area (Å²) in [7, 11) is 0. The van der Waals surface area contributed by atoms with E-state index in [1.54, 1.807) is 0 Å². The summed E-state index contributed by atoms with van der Waals surface area (Å²) in [6.45, 7) is 1.62. The highest BCUT2D eigenvalue weighted by atomic mass is 16.6. The molecule has 6 heteroatoms. The van der Waals surface area contributed by atoms with Gasteiger partial charge in [0, 0.05) is 18.6 Å². The molecule has 17 heavy (non-hydrogen) atoms. The van der Waals surface area contributed by atoms with Crippen LogP contribution in [-0.4, -0.2) is 17.4 Å². The number of carbonyl (C=O) groups excluding carboxylic acids is 1. The molecule has 0 spiro atoms. The number of nitrogens with one attached hydrogen (secondary N) is 1. The minimum atomic E-state index is -0.552. The summed E-state index contributed by atoms with van der Waals surface area (Å²) < 4.78 is 0. The molecule has 0 atom stereocenters. The Morgan fingerprint density at radius 1 is 1.59 bits per heavy atom. The fourth-order valence-electron chi connectivity index (χ4n) is 1.11. The van der Waals surface area contributed by atoms with Gasteiger partial charge in [0.1, 0.15) is 5.69 Å². The van der Waals surface area contributed by atoms with Crippen LogP contribution >= 0.6 is 0 Å². The Balaban J connectivity index is 2.77. The van der Waals surface area contributed by atoms with Crippen LogP contribution < -0.4 is 11.1 Å². The van der Waals surface area contributed by atoms with Gasteiger partial charge in [-0.25, -0.2) is 0 Å². The number of nitrogen functional groups attached to an aromatic ring is 1. The van der Waals surface area contributed by atoms with Crippen molar-refractivity contribution < 1.29 is 9.72 Å². The maximum absolute atomic E-state index is 10.6. The number of amides is 1. The van der Waals surface area contributed by atoms with Gasteiger partial charge in [-0.2, -0.15) is 0 Å². The van der Waals surface area contributed by atoms with Crippen molar-refractivity contribution in [2.45, 2.75) is 6.92 Å². The maximum Gasteiger partial charge on any atom is 0.292 e. The fraction of sp³-hybridized carbons (Fsp3) is 0.182. The molecule has 0 aliphatic carbocycles. The van der Waals surface area contributed by atoms with Crippen LogP contribution in [0.3, 0.4) is 0 Å². The average molecular weight is 233 g/mol. The van der Waals surface area contributed by atoms with Gasteiger partial charge < -0.3 is 11.1 Å².